The van der Waals surface area contributed by atoms with Gasteiger partial charge in [0.05, 0.1) is 27.8 Å². The summed E-state index contributed by atoms with van der Waals surface area (Å²) in [5, 5.41) is 4.37. The standard InChI is InChI=1S/C20H16ClN3O2/c21-15-7-1-2-9-17(15)24-12-14(11-18(24)25)20(26)23-16-8-3-5-13-6-4-10-22-19(13)16/h1-10,14H,11-12H2,(H,23,26). The van der Waals surface area contributed by atoms with Gasteiger partial charge in [0.1, 0.15) is 0 Å². The van der Waals surface area contributed by atoms with Gasteiger partial charge >= 0.3 is 0 Å². The van der Waals surface area contributed by atoms with E-state index in [0.29, 0.717) is 22.9 Å². The fourth-order valence-electron chi connectivity index (χ4n) is 3.23. The first-order valence-corrected chi connectivity index (χ1v) is 8.71. The zero-order chi connectivity index (χ0) is 18.1. The zero-order valence-electron chi connectivity index (χ0n) is 13.9. The molecule has 0 saturated carbocycles. The van der Waals surface area contributed by atoms with Crippen molar-refractivity contribution in [2.45, 2.75) is 6.42 Å². The lowest BCUT2D eigenvalue weighted by molar-refractivity contribution is -0.122. The highest BCUT2D eigenvalue weighted by Crippen LogP contribution is 2.31. The Bertz CT molecular complexity index is 1000. The topological polar surface area (TPSA) is 62.3 Å². The van der Waals surface area contributed by atoms with E-state index in [-0.39, 0.29) is 18.2 Å². The van der Waals surface area contributed by atoms with E-state index in [1.807, 2.05) is 42.5 Å². The van der Waals surface area contributed by atoms with Gasteiger partial charge in [-0.15, -0.1) is 0 Å². The van der Waals surface area contributed by atoms with E-state index in [2.05, 4.69) is 10.3 Å². The Labute approximate surface area is 155 Å². The minimum atomic E-state index is -0.433. The minimum Gasteiger partial charge on any atom is -0.324 e. The van der Waals surface area contributed by atoms with Crippen LogP contribution in [0.25, 0.3) is 10.9 Å². The SMILES string of the molecule is O=C(Nc1cccc2cccnc12)C1CC(=O)N(c2ccccc2Cl)C1. The fraction of sp³-hybridized carbons (Fsp3) is 0.150. The van der Waals surface area contributed by atoms with Gasteiger partial charge in [0.25, 0.3) is 0 Å². The molecule has 1 unspecified atom stereocenters. The number of carbonyl (C=O) groups is 2. The van der Waals surface area contributed by atoms with E-state index in [1.54, 1.807) is 23.2 Å². The molecule has 1 saturated heterocycles. The van der Waals surface area contributed by atoms with Crippen molar-refractivity contribution in [1.82, 2.24) is 4.98 Å². The van der Waals surface area contributed by atoms with Crippen LogP contribution in [-0.2, 0) is 9.59 Å². The van der Waals surface area contributed by atoms with E-state index in [4.69, 9.17) is 11.6 Å². The highest BCUT2D eigenvalue weighted by atomic mass is 35.5. The number of anilines is 2. The molecule has 1 aliphatic rings. The largest absolute Gasteiger partial charge is 0.324 e. The summed E-state index contributed by atoms with van der Waals surface area (Å²) in [6, 6.07) is 16.6. The molecule has 1 N–H and O–H groups in total. The van der Waals surface area contributed by atoms with Gasteiger partial charge in [0.2, 0.25) is 11.8 Å². The number of carbonyl (C=O) groups excluding carboxylic acids is 2. The van der Waals surface area contributed by atoms with E-state index in [1.165, 1.54) is 0 Å². The quantitative estimate of drug-likeness (QED) is 0.766. The summed E-state index contributed by atoms with van der Waals surface area (Å²) >= 11 is 6.19. The van der Waals surface area contributed by atoms with Crippen LogP contribution in [0.4, 0.5) is 11.4 Å². The van der Waals surface area contributed by atoms with Crippen molar-refractivity contribution < 1.29 is 9.59 Å². The van der Waals surface area contributed by atoms with Gasteiger partial charge in [0, 0.05) is 24.5 Å². The number of fused-ring (bicyclic) bond motifs is 1. The van der Waals surface area contributed by atoms with Crippen LogP contribution in [0.5, 0.6) is 0 Å². The number of para-hydroxylation sites is 2. The van der Waals surface area contributed by atoms with Gasteiger partial charge in [-0.25, -0.2) is 0 Å². The number of nitrogens with zero attached hydrogens (tertiary/aromatic N) is 2. The van der Waals surface area contributed by atoms with Crippen LogP contribution >= 0.6 is 11.6 Å². The van der Waals surface area contributed by atoms with E-state index in [0.717, 1.165) is 10.9 Å². The molecular formula is C20H16ClN3O2. The summed E-state index contributed by atoms with van der Waals surface area (Å²) in [4.78, 5) is 31.0. The molecule has 130 valence electrons. The van der Waals surface area contributed by atoms with E-state index < -0.39 is 5.92 Å². The average Bonchev–Trinajstić information content (AvgIpc) is 3.04. The average molecular weight is 366 g/mol. The molecule has 0 spiro atoms. The van der Waals surface area contributed by atoms with Crippen molar-refractivity contribution in [3.05, 3.63) is 65.8 Å². The predicted octanol–water partition coefficient (Wildman–Crippen LogP) is 3.88. The highest BCUT2D eigenvalue weighted by molar-refractivity contribution is 6.34. The normalized spacial score (nSPS) is 16.9. The number of nitrogens with one attached hydrogen (secondary N) is 1. The molecule has 4 rings (SSSR count). The second-order valence-corrected chi connectivity index (χ2v) is 6.63. The molecule has 5 nitrogen and oxygen atoms in total. The van der Waals surface area contributed by atoms with Crippen LogP contribution in [0.15, 0.2) is 60.8 Å². The van der Waals surface area contributed by atoms with Crippen molar-refractivity contribution in [3.63, 3.8) is 0 Å². The first kappa shape index (κ1) is 16.5. The summed E-state index contributed by atoms with van der Waals surface area (Å²) in [6.45, 7) is 0.312. The first-order chi connectivity index (χ1) is 12.6. The third-order valence-corrected chi connectivity index (χ3v) is 4.85. The Kier molecular flexibility index (Phi) is 4.31. The summed E-state index contributed by atoms with van der Waals surface area (Å²) in [7, 11) is 0. The van der Waals surface area contributed by atoms with Crippen LogP contribution in [-0.4, -0.2) is 23.3 Å². The molecule has 3 aromatic rings. The molecule has 0 aliphatic carbocycles. The molecule has 1 fully saturated rings. The van der Waals surface area contributed by atoms with Crippen molar-refractivity contribution in [1.29, 1.82) is 0 Å². The Balaban J connectivity index is 1.54. The number of aromatic nitrogens is 1. The van der Waals surface area contributed by atoms with Crippen molar-refractivity contribution in [2.75, 3.05) is 16.8 Å². The second kappa shape index (κ2) is 6.77. The Hall–Kier alpha value is -2.92. The Morgan fingerprint density at radius 2 is 1.92 bits per heavy atom. The number of pyridine rings is 1. The summed E-state index contributed by atoms with van der Waals surface area (Å²) in [6.07, 6.45) is 1.85. The van der Waals surface area contributed by atoms with Gasteiger partial charge < -0.3 is 10.2 Å². The lowest BCUT2D eigenvalue weighted by Crippen LogP contribution is -2.28. The number of hydrogen-bond acceptors (Lipinski definition) is 3. The maximum absolute atomic E-state index is 12.7. The summed E-state index contributed by atoms with van der Waals surface area (Å²) in [5.74, 6) is -0.724. The van der Waals surface area contributed by atoms with Crippen molar-refractivity contribution >= 4 is 45.7 Å². The molecule has 1 aliphatic heterocycles. The number of rotatable bonds is 3. The van der Waals surface area contributed by atoms with Gasteiger partial charge in [-0.05, 0) is 24.3 Å². The van der Waals surface area contributed by atoms with Crippen LogP contribution in [0.2, 0.25) is 5.02 Å². The van der Waals surface area contributed by atoms with Crippen molar-refractivity contribution in [2.24, 2.45) is 5.92 Å². The van der Waals surface area contributed by atoms with Crippen molar-refractivity contribution in [3.8, 4) is 0 Å². The molecule has 2 amide bonds. The molecule has 0 bridgehead atoms. The maximum Gasteiger partial charge on any atom is 0.229 e. The van der Waals surface area contributed by atoms with Crippen LogP contribution in [0.1, 0.15) is 6.42 Å². The third-order valence-electron chi connectivity index (χ3n) is 4.53. The molecule has 0 radical (unpaired) electrons. The van der Waals surface area contributed by atoms with Gasteiger partial charge in [-0.3, -0.25) is 14.6 Å². The first-order valence-electron chi connectivity index (χ1n) is 8.33. The fourth-order valence-corrected chi connectivity index (χ4v) is 3.46. The predicted molar refractivity (Wildman–Crippen MR) is 102 cm³/mol. The molecule has 1 atom stereocenters. The second-order valence-electron chi connectivity index (χ2n) is 6.23. The van der Waals surface area contributed by atoms with E-state index in [9.17, 15) is 9.59 Å². The lowest BCUT2D eigenvalue weighted by atomic mass is 10.1. The molecule has 1 aromatic heterocycles. The van der Waals surface area contributed by atoms with Crippen LogP contribution in [0.3, 0.4) is 0 Å². The lowest BCUT2D eigenvalue weighted by Gasteiger charge is -2.18. The van der Waals surface area contributed by atoms with Gasteiger partial charge in [-0.1, -0.05) is 41.9 Å². The Morgan fingerprint density at radius 3 is 2.77 bits per heavy atom. The monoisotopic (exact) mass is 365 g/mol. The molecule has 2 aromatic carbocycles. The number of hydrogen-bond donors (Lipinski definition) is 1. The van der Waals surface area contributed by atoms with E-state index >= 15 is 0 Å². The highest BCUT2D eigenvalue weighted by Gasteiger charge is 2.36. The number of benzene rings is 2. The molecule has 2 heterocycles. The number of amides is 2. The number of halogens is 1. The Morgan fingerprint density at radius 1 is 1.12 bits per heavy atom. The smallest absolute Gasteiger partial charge is 0.229 e. The van der Waals surface area contributed by atoms with Crippen LogP contribution < -0.4 is 10.2 Å². The maximum atomic E-state index is 12.7. The minimum absolute atomic E-state index is 0.103. The zero-order valence-corrected chi connectivity index (χ0v) is 14.6. The van der Waals surface area contributed by atoms with Gasteiger partial charge in [-0.2, -0.15) is 0 Å². The summed E-state index contributed by atoms with van der Waals surface area (Å²) in [5.41, 5.74) is 2.02. The third kappa shape index (κ3) is 3.02. The molecule has 26 heavy (non-hydrogen) atoms. The molecule has 6 heteroatoms. The van der Waals surface area contributed by atoms with Crippen LogP contribution in [0, 0.1) is 5.92 Å². The molecular weight excluding hydrogens is 350 g/mol. The summed E-state index contributed by atoms with van der Waals surface area (Å²) < 4.78 is 0. The van der Waals surface area contributed by atoms with Gasteiger partial charge in [0.15, 0.2) is 0 Å².